The second-order valence-corrected chi connectivity index (χ2v) is 6.22. The molecule has 0 heterocycles. The van der Waals surface area contributed by atoms with E-state index in [1.165, 1.54) is 12.2 Å². The number of nitrogens with zero attached hydrogens (tertiary/aromatic N) is 1. The maximum Gasteiger partial charge on any atom is 0.438 e. The molecule has 0 aromatic heterocycles. The minimum absolute atomic E-state index is 0.162. The highest BCUT2D eigenvalue weighted by molar-refractivity contribution is 5.95. The lowest BCUT2D eigenvalue weighted by Gasteiger charge is -2.19. The molecule has 1 N–H and O–H groups in total. The molecule has 27 heavy (non-hydrogen) atoms. The molecular formula is C19H18F6N2. The summed E-state index contributed by atoms with van der Waals surface area (Å²) in [6.45, 7) is 5.29. The van der Waals surface area contributed by atoms with Gasteiger partial charge in [-0.15, -0.1) is 0 Å². The van der Waals surface area contributed by atoms with Crippen molar-refractivity contribution in [3.05, 3.63) is 64.5 Å². The Hall–Kier alpha value is -2.51. The van der Waals surface area contributed by atoms with Crippen molar-refractivity contribution in [2.45, 2.75) is 39.5 Å². The molecule has 0 atom stereocenters. The molecule has 146 valence electrons. The molecule has 0 amide bonds. The van der Waals surface area contributed by atoms with E-state index in [1.807, 2.05) is 6.92 Å². The Morgan fingerprint density at radius 1 is 0.926 bits per heavy atom. The lowest BCUT2D eigenvalue weighted by Crippen LogP contribution is -2.37. The van der Waals surface area contributed by atoms with Crippen LogP contribution in [0.2, 0.25) is 0 Å². The highest BCUT2D eigenvalue weighted by atomic mass is 19.4. The first-order valence-corrected chi connectivity index (χ1v) is 8.04. The largest absolute Gasteiger partial charge is 0.438 e. The van der Waals surface area contributed by atoms with Gasteiger partial charge in [0.2, 0.25) is 5.71 Å². The van der Waals surface area contributed by atoms with Crippen molar-refractivity contribution in [3.63, 3.8) is 0 Å². The molecule has 0 unspecified atom stereocenters. The van der Waals surface area contributed by atoms with Crippen LogP contribution in [-0.2, 0) is 0 Å². The van der Waals surface area contributed by atoms with E-state index in [0.717, 1.165) is 5.56 Å². The van der Waals surface area contributed by atoms with Crippen molar-refractivity contribution in [1.29, 1.82) is 0 Å². The van der Waals surface area contributed by atoms with Crippen molar-refractivity contribution in [1.82, 2.24) is 0 Å². The Morgan fingerprint density at radius 3 is 1.93 bits per heavy atom. The van der Waals surface area contributed by atoms with Crippen molar-refractivity contribution in [2.75, 3.05) is 5.32 Å². The van der Waals surface area contributed by atoms with Gasteiger partial charge in [-0.1, -0.05) is 42.0 Å². The lowest BCUT2D eigenvalue weighted by molar-refractivity contribution is -0.117. The summed E-state index contributed by atoms with van der Waals surface area (Å²) in [5, 5.41) is 2.69. The number of allylic oxidation sites excluding steroid dienone is 5. The van der Waals surface area contributed by atoms with Crippen LogP contribution < -0.4 is 5.32 Å². The number of halogens is 6. The third-order valence-corrected chi connectivity index (χ3v) is 3.87. The summed E-state index contributed by atoms with van der Waals surface area (Å²) in [4.78, 5) is 2.99. The fraction of sp³-hybridized carbons (Fsp3) is 0.316. The van der Waals surface area contributed by atoms with Crippen molar-refractivity contribution >= 4 is 11.4 Å². The molecule has 0 saturated heterocycles. The molecule has 2 nitrogen and oxygen atoms in total. The van der Waals surface area contributed by atoms with Crippen LogP contribution in [-0.4, -0.2) is 18.1 Å². The molecule has 1 aliphatic carbocycles. The fourth-order valence-corrected chi connectivity index (χ4v) is 2.76. The van der Waals surface area contributed by atoms with Crippen LogP contribution in [0.3, 0.4) is 0 Å². The number of anilines is 1. The first-order chi connectivity index (χ1) is 12.4. The summed E-state index contributed by atoms with van der Waals surface area (Å²) >= 11 is 0. The van der Waals surface area contributed by atoms with Crippen LogP contribution in [0.5, 0.6) is 0 Å². The lowest BCUT2D eigenvalue weighted by atomic mass is 10.0. The minimum Gasteiger partial charge on any atom is -0.340 e. The molecule has 0 radical (unpaired) electrons. The van der Waals surface area contributed by atoms with E-state index in [2.05, 4.69) is 10.3 Å². The minimum atomic E-state index is -5.63. The van der Waals surface area contributed by atoms with Gasteiger partial charge in [0.1, 0.15) is 5.82 Å². The first kappa shape index (κ1) is 20.8. The molecule has 1 aliphatic rings. The standard InChI is InChI=1S/C19H18F6N2/c1-11-9-12(2)15(13(3)10-11)26-16(14-7-5-4-6-8-14)27-17(18(20,21)22)19(23,24)25/h4-7,9-10,26H,8H2,1-3H3/b16-14-. The number of hydrogen-bond acceptors (Lipinski definition) is 2. The molecule has 1 aromatic carbocycles. The summed E-state index contributed by atoms with van der Waals surface area (Å²) in [6, 6.07) is 3.57. The van der Waals surface area contributed by atoms with E-state index in [9.17, 15) is 26.3 Å². The topological polar surface area (TPSA) is 24.4 Å². The Morgan fingerprint density at radius 2 is 1.48 bits per heavy atom. The Balaban J connectivity index is 2.63. The van der Waals surface area contributed by atoms with Crippen LogP contribution in [0.4, 0.5) is 32.0 Å². The van der Waals surface area contributed by atoms with Crippen LogP contribution in [0.15, 0.2) is 52.8 Å². The number of aryl methyl sites for hydroxylation is 3. The zero-order chi connectivity index (χ0) is 20.4. The second kappa shape index (κ2) is 7.62. The number of benzene rings is 1. The van der Waals surface area contributed by atoms with Gasteiger partial charge in [-0.2, -0.15) is 26.3 Å². The zero-order valence-corrected chi connectivity index (χ0v) is 14.9. The van der Waals surface area contributed by atoms with Crippen molar-refractivity contribution < 1.29 is 26.3 Å². The molecule has 0 fully saturated rings. The van der Waals surface area contributed by atoms with Crippen LogP contribution in [0, 0.1) is 20.8 Å². The van der Waals surface area contributed by atoms with Gasteiger partial charge >= 0.3 is 12.4 Å². The van der Waals surface area contributed by atoms with E-state index in [1.54, 1.807) is 38.1 Å². The summed E-state index contributed by atoms with van der Waals surface area (Å²) < 4.78 is 77.8. The van der Waals surface area contributed by atoms with Crippen LogP contribution in [0.25, 0.3) is 0 Å². The molecule has 2 rings (SSSR count). The SMILES string of the molecule is Cc1cc(C)c(N/C(N=C(C(F)(F)F)C(F)(F)F)=C2\C=CC=CC2)c(C)c1. The maximum atomic E-state index is 13.0. The van der Waals surface area contributed by atoms with Gasteiger partial charge in [0.05, 0.1) is 0 Å². The van der Waals surface area contributed by atoms with Gasteiger partial charge in [0.25, 0.3) is 0 Å². The summed E-state index contributed by atoms with van der Waals surface area (Å²) in [6.07, 6.45) is -4.84. The second-order valence-electron chi connectivity index (χ2n) is 6.22. The van der Waals surface area contributed by atoms with Crippen molar-refractivity contribution in [2.24, 2.45) is 4.99 Å². The smallest absolute Gasteiger partial charge is 0.340 e. The Kier molecular flexibility index (Phi) is 5.87. The van der Waals surface area contributed by atoms with E-state index < -0.39 is 23.9 Å². The molecular weight excluding hydrogens is 370 g/mol. The van der Waals surface area contributed by atoms with Crippen LogP contribution >= 0.6 is 0 Å². The molecule has 0 saturated carbocycles. The number of nitrogens with one attached hydrogen (secondary N) is 1. The number of hydrogen-bond donors (Lipinski definition) is 1. The molecule has 0 bridgehead atoms. The number of rotatable bonds is 3. The van der Waals surface area contributed by atoms with Crippen molar-refractivity contribution in [3.8, 4) is 0 Å². The van der Waals surface area contributed by atoms with E-state index in [0.29, 0.717) is 16.8 Å². The van der Waals surface area contributed by atoms with E-state index >= 15 is 0 Å². The monoisotopic (exact) mass is 388 g/mol. The van der Waals surface area contributed by atoms with Gasteiger partial charge in [-0.25, -0.2) is 4.99 Å². The summed E-state index contributed by atoms with van der Waals surface area (Å²) in [7, 11) is 0. The van der Waals surface area contributed by atoms with Gasteiger partial charge < -0.3 is 5.32 Å². The average molecular weight is 388 g/mol. The normalized spacial score (nSPS) is 16.3. The number of aliphatic imine (C=N–C) groups is 1. The average Bonchev–Trinajstić information content (AvgIpc) is 2.51. The molecule has 0 aliphatic heterocycles. The van der Waals surface area contributed by atoms with E-state index in [4.69, 9.17) is 0 Å². The fourth-order valence-electron chi connectivity index (χ4n) is 2.76. The van der Waals surface area contributed by atoms with Gasteiger partial charge in [-0.3, -0.25) is 0 Å². The summed E-state index contributed by atoms with van der Waals surface area (Å²) in [5.41, 5.74) is 0.171. The predicted molar refractivity (Wildman–Crippen MR) is 93.7 cm³/mol. The van der Waals surface area contributed by atoms with Gasteiger partial charge in [-0.05, 0) is 43.9 Å². The van der Waals surface area contributed by atoms with Crippen LogP contribution in [0.1, 0.15) is 23.1 Å². The summed E-state index contributed by atoms with van der Waals surface area (Å²) in [5.74, 6) is -0.477. The highest BCUT2D eigenvalue weighted by Crippen LogP contribution is 2.33. The highest BCUT2D eigenvalue weighted by Gasteiger charge is 2.53. The zero-order valence-electron chi connectivity index (χ0n) is 14.9. The maximum absolute atomic E-state index is 13.0. The molecule has 8 heteroatoms. The quantitative estimate of drug-likeness (QED) is 0.476. The third kappa shape index (κ3) is 5.24. The predicted octanol–water partition coefficient (Wildman–Crippen LogP) is 6.32. The van der Waals surface area contributed by atoms with Gasteiger partial charge in [0.15, 0.2) is 0 Å². The molecule has 1 aromatic rings. The Bertz CT molecular complexity index is 800. The first-order valence-electron chi connectivity index (χ1n) is 8.04. The van der Waals surface area contributed by atoms with E-state index in [-0.39, 0.29) is 12.0 Å². The Labute approximate surface area is 153 Å². The molecule has 0 spiro atoms. The van der Waals surface area contributed by atoms with Gasteiger partial charge in [0, 0.05) is 5.69 Å². The third-order valence-electron chi connectivity index (χ3n) is 3.87. The number of alkyl halides is 6.